The Balaban J connectivity index is 1.87. The van der Waals surface area contributed by atoms with Crippen LogP contribution in [-0.2, 0) is 21.7 Å². The van der Waals surface area contributed by atoms with E-state index in [9.17, 15) is 14.7 Å². The fourth-order valence-electron chi connectivity index (χ4n) is 4.12. The molecule has 0 saturated heterocycles. The molecule has 168 valence electrons. The van der Waals surface area contributed by atoms with Gasteiger partial charge in [0.15, 0.2) is 17.2 Å². The van der Waals surface area contributed by atoms with Gasteiger partial charge in [0.2, 0.25) is 0 Å². The summed E-state index contributed by atoms with van der Waals surface area (Å²) >= 11 is 0. The number of aromatic nitrogens is 2. The number of rotatable bonds is 8. The smallest absolute Gasteiger partial charge is 0.313 e. The number of imidazole rings is 1. The summed E-state index contributed by atoms with van der Waals surface area (Å²) in [7, 11) is 0. The van der Waals surface area contributed by atoms with Gasteiger partial charge >= 0.3 is 5.97 Å². The molecule has 0 radical (unpaired) electrons. The van der Waals surface area contributed by atoms with E-state index in [1.54, 1.807) is 25.1 Å². The number of aryl methyl sites for hydroxylation is 1. The van der Waals surface area contributed by atoms with E-state index in [0.717, 1.165) is 0 Å². The first-order chi connectivity index (χ1) is 16.0. The van der Waals surface area contributed by atoms with Crippen LogP contribution in [0.25, 0.3) is 11.0 Å². The third-order valence-corrected chi connectivity index (χ3v) is 5.70. The molecule has 4 rings (SSSR count). The van der Waals surface area contributed by atoms with Gasteiger partial charge in [-0.05, 0) is 43.2 Å². The largest absolute Gasteiger partial charge is 0.466 e. The molecule has 1 aromatic heterocycles. The van der Waals surface area contributed by atoms with Gasteiger partial charge in [0.1, 0.15) is 6.42 Å². The lowest BCUT2D eigenvalue weighted by molar-refractivity contribution is -0.141. The Morgan fingerprint density at radius 2 is 1.55 bits per heavy atom. The molecule has 1 heterocycles. The van der Waals surface area contributed by atoms with Crippen LogP contribution in [0.5, 0.6) is 0 Å². The van der Waals surface area contributed by atoms with Crippen LogP contribution in [0.4, 0.5) is 0 Å². The summed E-state index contributed by atoms with van der Waals surface area (Å²) in [5.74, 6) is -0.399. The number of aliphatic hydroxyl groups is 1. The second-order valence-corrected chi connectivity index (χ2v) is 7.73. The number of hydrogen-bond acceptors (Lipinski definition) is 5. The number of benzene rings is 3. The molecule has 6 heteroatoms. The third-order valence-electron chi connectivity index (χ3n) is 5.70. The summed E-state index contributed by atoms with van der Waals surface area (Å²) in [6.45, 7) is 4.43. The second-order valence-electron chi connectivity index (χ2n) is 7.73. The van der Waals surface area contributed by atoms with Crippen molar-refractivity contribution in [3.05, 3.63) is 101 Å². The molecule has 6 nitrogen and oxygen atoms in total. The van der Waals surface area contributed by atoms with Crippen molar-refractivity contribution in [2.75, 3.05) is 6.61 Å². The number of hydrogen-bond donors (Lipinski definition) is 1. The van der Waals surface area contributed by atoms with Gasteiger partial charge in [-0.1, -0.05) is 60.7 Å². The van der Waals surface area contributed by atoms with E-state index in [2.05, 4.69) is 0 Å². The number of ether oxygens (including phenoxy) is 1. The predicted octanol–water partition coefficient (Wildman–Crippen LogP) is 4.48. The first-order valence-electron chi connectivity index (χ1n) is 11.0. The van der Waals surface area contributed by atoms with Crippen LogP contribution in [0.3, 0.4) is 0 Å². The highest BCUT2D eigenvalue weighted by molar-refractivity contribution is 6.07. The number of carbonyl (C=O) groups excluding carboxylic acids is 2. The van der Waals surface area contributed by atoms with Crippen LogP contribution < -0.4 is 0 Å². The minimum Gasteiger partial charge on any atom is -0.466 e. The first kappa shape index (κ1) is 22.4. The van der Waals surface area contributed by atoms with E-state index >= 15 is 0 Å². The minimum atomic E-state index is -1.49. The van der Waals surface area contributed by atoms with E-state index in [-0.39, 0.29) is 18.8 Å². The number of carbonyl (C=O) groups is 2. The van der Waals surface area contributed by atoms with Gasteiger partial charge in [0.05, 0.1) is 17.6 Å². The predicted molar refractivity (Wildman–Crippen MR) is 126 cm³/mol. The quantitative estimate of drug-likeness (QED) is 0.247. The van der Waals surface area contributed by atoms with E-state index in [1.165, 1.54) is 0 Å². The highest BCUT2D eigenvalue weighted by Crippen LogP contribution is 2.37. The molecule has 0 amide bonds. The Bertz CT molecular complexity index is 1240. The Morgan fingerprint density at radius 3 is 2.09 bits per heavy atom. The SMILES string of the molecule is CCOC(=O)CC(=O)c1ccc2nc(C(O)(c3ccccc3)c3ccccc3)n(CC)c2c1. The maximum absolute atomic E-state index is 12.6. The molecule has 0 bridgehead atoms. The lowest BCUT2D eigenvalue weighted by atomic mass is 9.85. The standard InChI is InChI=1S/C27H26N2O4/c1-3-29-23-17-19(24(30)18-25(31)33-4-2)15-16-22(23)28-26(29)27(32,20-11-7-5-8-12-20)21-13-9-6-10-14-21/h5-17,32H,3-4,18H2,1-2H3. The molecule has 0 unspecified atom stereocenters. The van der Waals surface area contributed by atoms with Crippen molar-refractivity contribution in [1.29, 1.82) is 0 Å². The molecule has 0 saturated carbocycles. The van der Waals surface area contributed by atoms with E-state index < -0.39 is 11.6 Å². The lowest BCUT2D eigenvalue weighted by Crippen LogP contribution is -2.32. The van der Waals surface area contributed by atoms with Gasteiger partial charge in [0, 0.05) is 12.1 Å². The third kappa shape index (κ3) is 4.17. The average Bonchev–Trinajstić information content (AvgIpc) is 3.23. The highest BCUT2D eigenvalue weighted by Gasteiger charge is 2.38. The molecule has 1 N–H and O–H groups in total. The van der Waals surface area contributed by atoms with Gasteiger partial charge in [-0.15, -0.1) is 0 Å². The molecule has 4 aromatic rings. The molecule has 0 aliphatic rings. The van der Waals surface area contributed by atoms with Crippen molar-refractivity contribution < 1.29 is 19.4 Å². The lowest BCUT2D eigenvalue weighted by Gasteiger charge is -2.29. The van der Waals surface area contributed by atoms with Crippen LogP contribution >= 0.6 is 0 Å². The molecule has 3 aromatic carbocycles. The van der Waals surface area contributed by atoms with Crippen molar-refractivity contribution in [2.24, 2.45) is 0 Å². The van der Waals surface area contributed by atoms with E-state index in [0.29, 0.717) is 40.1 Å². The second kappa shape index (κ2) is 9.38. The number of fused-ring (bicyclic) bond motifs is 1. The van der Waals surface area contributed by atoms with E-state index in [1.807, 2.05) is 72.2 Å². The topological polar surface area (TPSA) is 81.4 Å². The zero-order valence-electron chi connectivity index (χ0n) is 18.7. The first-order valence-corrected chi connectivity index (χ1v) is 11.0. The fraction of sp³-hybridized carbons (Fsp3) is 0.222. The van der Waals surface area contributed by atoms with E-state index in [4.69, 9.17) is 9.72 Å². The summed E-state index contributed by atoms with van der Waals surface area (Å²) in [6, 6.07) is 24.0. The molecule has 0 spiro atoms. The summed E-state index contributed by atoms with van der Waals surface area (Å²) in [4.78, 5) is 29.2. The van der Waals surface area contributed by atoms with Crippen LogP contribution in [0.15, 0.2) is 78.9 Å². The van der Waals surface area contributed by atoms with Gasteiger partial charge in [0.25, 0.3) is 0 Å². The van der Waals surface area contributed by atoms with Crippen molar-refractivity contribution >= 4 is 22.8 Å². The molecule has 33 heavy (non-hydrogen) atoms. The summed E-state index contributed by atoms with van der Waals surface area (Å²) < 4.78 is 6.82. The number of esters is 1. The fourth-order valence-corrected chi connectivity index (χ4v) is 4.12. The zero-order valence-corrected chi connectivity index (χ0v) is 18.7. The van der Waals surface area contributed by atoms with Crippen LogP contribution in [0.2, 0.25) is 0 Å². The average molecular weight is 443 g/mol. The van der Waals surface area contributed by atoms with Crippen molar-refractivity contribution in [1.82, 2.24) is 9.55 Å². The molecular weight excluding hydrogens is 416 g/mol. The number of Topliss-reactive ketones (excluding diaryl/α,β-unsaturated/α-hetero) is 1. The van der Waals surface area contributed by atoms with Crippen molar-refractivity contribution in [3.63, 3.8) is 0 Å². The van der Waals surface area contributed by atoms with Gasteiger partial charge in [-0.25, -0.2) is 4.98 Å². The summed E-state index contributed by atoms with van der Waals surface area (Å²) in [5, 5.41) is 12.2. The van der Waals surface area contributed by atoms with Gasteiger partial charge in [-0.2, -0.15) is 0 Å². The Labute approximate surface area is 192 Å². The maximum atomic E-state index is 12.6. The Kier molecular flexibility index (Phi) is 6.38. The summed E-state index contributed by atoms with van der Waals surface area (Å²) in [6.07, 6.45) is -0.315. The molecule has 0 atom stereocenters. The number of nitrogens with zero attached hydrogens (tertiary/aromatic N) is 2. The monoisotopic (exact) mass is 442 g/mol. The molecular formula is C27H26N2O4. The van der Waals surface area contributed by atoms with Crippen molar-refractivity contribution in [2.45, 2.75) is 32.4 Å². The Hall–Kier alpha value is -3.77. The Morgan fingerprint density at radius 1 is 0.939 bits per heavy atom. The maximum Gasteiger partial charge on any atom is 0.313 e. The van der Waals surface area contributed by atoms with Gasteiger partial charge < -0.3 is 14.4 Å². The summed E-state index contributed by atoms with van der Waals surface area (Å²) in [5.41, 5.74) is 1.67. The van der Waals surface area contributed by atoms with Crippen molar-refractivity contribution in [3.8, 4) is 0 Å². The zero-order chi connectivity index (χ0) is 23.4. The number of ketones is 1. The normalized spacial score (nSPS) is 11.5. The van der Waals surface area contributed by atoms with Gasteiger partial charge in [-0.3, -0.25) is 9.59 Å². The van der Waals surface area contributed by atoms with Crippen LogP contribution in [-0.4, -0.2) is 33.0 Å². The minimum absolute atomic E-state index is 0.231. The molecule has 0 fully saturated rings. The van der Waals surface area contributed by atoms with Crippen LogP contribution in [0, 0.1) is 0 Å². The highest BCUT2D eigenvalue weighted by atomic mass is 16.5. The molecule has 0 aliphatic carbocycles. The van der Waals surface area contributed by atoms with Crippen LogP contribution in [0.1, 0.15) is 47.6 Å². The molecule has 0 aliphatic heterocycles.